The van der Waals surface area contributed by atoms with Crippen molar-refractivity contribution in [2.24, 2.45) is 11.8 Å². The van der Waals surface area contributed by atoms with Crippen LogP contribution in [0.1, 0.15) is 29.3 Å². The highest BCUT2D eigenvalue weighted by Gasteiger charge is 2.45. The van der Waals surface area contributed by atoms with E-state index in [2.05, 4.69) is 15.0 Å². The lowest BCUT2D eigenvalue weighted by atomic mass is 10.2. The van der Waals surface area contributed by atoms with Crippen LogP contribution in [0.3, 0.4) is 0 Å². The largest absolute Gasteiger partial charge is 0.462 e. The van der Waals surface area contributed by atoms with Crippen LogP contribution in [0.5, 0.6) is 0 Å². The van der Waals surface area contributed by atoms with Gasteiger partial charge >= 0.3 is 5.97 Å². The number of piperidine rings is 1. The fourth-order valence-electron chi connectivity index (χ4n) is 3.28. The van der Waals surface area contributed by atoms with Gasteiger partial charge in [-0.25, -0.2) is 9.78 Å². The smallest absolute Gasteiger partial charge is 0.341 e. The summed E-state index contributed by atoms with van der Waals surface area (Å²) in [6.45, 7) is 4.25. The van der Waals surface area contributed by atoms with Crippen LogP contribution < -0.4 is 4.90 Å². The molecule has 2 aromatic heterocycles. The van der Waals surface area contributed by atoms with Crippen molar-refractivity contribution in [3.05, 3.63) is 41.6 Å². The minimum Gasteiger partial charge on any atom is -0.462 e. The molecule has 0 radical (unpaired) electrons. The maximum atomic E-state index is 14.3. The third-order valence-corrected chi connectivity index (χ3v) is 4.69. The van der Waals surface area contributed by atoms with Crippen LogP contribution >= 0.6 is 0 Å². The fraction of sp³-hybridized carbons (Fsp3) is 0.471. The van der Waals surface area contributed by atoms with E-state index in [0.717, 1.165) is 24.9 Å². The van der Waals surface area contributed by atoms with Crippen LogP contribution in [-0.4, -0.2) is 40.4 Å². The van der Waals surface area contributed by atoms with Crippen LogP contribution in [-0.2, 0) is 11.3 Å². The lowest BCUT2D eigenvalue weighted by molar-refractivity contribution is 0.0526. The fourth-order valence-corrected chi connectivity index (χ4v) is 3.28. The molecule has 0 amide bonds. The summed E-state index contributed by atoms with van der Waals surface area (Å²) in [4.78, 5) is 17.9. The lowest BCUT2D eigenvalue weighted by Gasteiger charge is -2.19. The van der Waals surface area contributed by atoms with E-state index in [1.165, 1.54) is 17.3 Å². The topological polar surface area (TPSA) is 60.2 Å². The summed E-state index contributed by atoms with van der Waals surface area (Å²) in [5, 5.41) is 4.08. The highest BCUT2D eigenvalue weighted by molar-refractivity contribution is 5.88. The average Bonchev–Trinajstić information content (AvgIpc) is 2.98. The van der Waals surface area contributed by atoms with Crippen molar-refractivity contribution in [2.45, 2.75) is 19.9 Å². The van der Waals surface area contributed by atoms with E-state index in [-0.39, 0.29) is 6.54 Å². The molecule has 0 N–H and O–H groups in total. The van der Waals surface area contributed by atoms with Crippen LogP contribution in [0.4, 0.5) is 10.2 Å². The number of hydrogen-bond donors (Lipinski definition) is 0. The zero-order valence-corrected chi connectivity index (χ0v) is 13.5. The van der Waals surface area contributed by atoms with Crippen molar-refractivity contribution < 1.29 is 13.9 Å². The zero-order chi connectivity index (χ0) is 16.7. The SMILES string of the molecule is CCOC(=O)c1cnn(Cc2ccc(N3CC4CC4C3)nc2F)c1. The summed E-state index contributed by atoms with van der Waals surface area (Å²) in [6, 6.07) is 3.60. The van der Waals surface area contributed by atoms with E-state index >= 15 is 0 Å². The van der Waals surface area contributed by atoms with Crippen molar-refractivity contribution in [2.75, 3.05) is 24.6 Å². The minimum absolute atomic E-state index is 0.226. The summed E-state index contributed by atoms with van der Waals surface area (Å²) in [6.07, 6.45) is 4.28. The maximum absolute atomic E-state index is 14.3. The number of aromatic nitrogens is 3. The van der Waals surface area contributed by atoms with Gasteiger partial charge < -0.3 is 9.64 Å². The van der Waals surface area contributed by atoms with Gasteiger partial charge in [-0.1, -0.05) is 0 Å². The number of fused-ring (bicyclic) bond motifs is 1. The molecule has 4 rings (SSSR count). The maximum Gasteiger partial charge on any atom is 0.341 e. The van der Waals surface area contributed by atoms with Gasteiger partial charge in [0, 0.05) is 24.8 Å². The summed E-state index contributed by atoms with van der Waals surface area (Å²) in [5.41, 5.74) is 0.805. The molecule has 2 atom stereocenters. The molecular weight excluding hydrogens is 311 g/mol. The number of nitrogens with zero attached hydrogens (tertiary/aromatic N) is 4. The van der Waals surface area contributed by atoms with Crippen LogP contribution in [0.2, 0.25) is 0 Å². The number of carbonyl (C=O) groups is 1. The third kappa shape index (κ3) is 2.86. The first kappa shape index (κ1) is 15.1. The molecule has 1 aliphatic carbocycles. The molecule has 3 heterocycles. The quantitative estimate of drug-likeness (QED) is 0.621. The van der Waals surface area contributed by atoms with Crippen molar-refractivity contribution in [1.29, 1.82) is 0 Å². The molecule has 0 spiro atoms. The Balaban J connectivity index is 1.45. The monoisotopic (exact) mass is 330 g/mol. The van der Waals surface area contributed by atoms with E-state index < -0.39 is 11.9 Å². The van der Waals surface area contributed by atoms with Crippen LogP contribution in [0.25, 0.3) is 0 Å². The highest BCUT2D eigenvalue weighted by atomic mass is 19.1. The summed E-state index contributed by atoms with van der Waals surface area (Å²) >= 11 is 0. The molecule has 24 heavy (non-hydrogen) atoms. The van der Waals surface area contributed by atoms with Gasteiger partial charge in [-0.3, -0.25) is 4.68 Å². The van der Waals surface area contributed by atoms with E-state index in [1.807, 2.05) is 6.07 Å². The average molecular weight is 330 g/mol. The first-order valence-corrected chi connectivity index (χ1v) is 8.24. The van der Waals surface area contributed by atoms with E-state index in [1.54, 1.807) is 19.2 Å². The second-order valence-corrected chi connectivity index (χ2v) is 6.43. The number of pyridine rings is 1. The third-order valence-electron chi connectivity index (χ3n) is 4.69. The molecule has 1 aliphatic heterocycles. The Hall–Kier alpha value is -2.44. The highest BCUT2D eigenvalue weighted by Crippen LogP contribution is 2.45. The molecular formula is C17H19FN4O2. The second kappa shape index (κ2) is 5.89. The number of hydrogen-bond acceptors (Lipinski definition) is 5. The van der Waals surface area contributed by atoms with Crippen molar-refractivity contribution in [3.63, 3.8) is 0 Å². The Kier molecular flexibility index (Phi) is 3.70. The number of anilines is 1. The Morgan fingerprint density at radius 2 is 2.17 bits per heavy atom. The summed E-state index contributed by atoms with van der Waals surface area (Å²) in [7, 11) is 0. The molecule has 126 valence electrons. The van der Waals surface area contributed by atoms with Crippen molar-refractivity contribution in [1.82, 2.24) is 14.8 Å². The minimum atomic E-state index is -0.485. The summed E-state index contributed by atoms with van der Waals surface area (Å²) in [5.74, 6) is 1.35. The molecule has 2 unspecified atom stereocenters. The standard InChI is InChI=1S/C17H19FN4O2/c1-2-24-17(23)14-6-19-22(10-14)9-11-3-4-15(20-16(11)18)21-7-12-5-13(12)8-21/h3-4,6,10,12-13H,2,5,7-9H2,1H3. The van der Waals surface area contributed by atoms with Crippen LogP contribution in [0.15, 0.2) is 24.5 Å². The van der Waals surface area contributed by atoms with E-state index in [9.17, 15) is 9.18 Å². The van der Waals surface area contributed by atoms with Crippen molar-refractivity contribution in [3.8, 4) is 0 Å². The Morgan fingerprint density at radius 3 is 2.88 bits per heavy atom. The molecule has 0 bridgehead atoms. The predicted octanol–water partition coefficient (Wildman–Crippen LogP) is 2.10. The molecule has 1 saturated carbocycles. The van der Waals surface area contributed by atoms with E-state index in [4.69, 9.17) is 4.74 Å². The Bertz CT molecular complexity index is 766. The molecule has 7 heteroatoms. The van der Waals surface area contributed by atoms with Crippen molar-refractivity contribution >= 4 is 11.8 Å². The van der Waals surface area contributed by atoms with Gasteiger partial charge in [0.1, 0.15) is 5.82 Å². The first-order chi connectivity index (χ1) is 11.6. The molecule has 6 nitrogen and oxygen atoms in total. The van der Waals surface area contributed by atoms with Gasteiger partial charge in [0.15, 0.2) is 0 Å². The van der Waals surface area contributed by atoms with Gasteiger partial charge in [-0.2, -0.15) is 9.49 Å². The summed E-state index contributed by atoms with van der Waals surface area (Å²) < 4.78 is 20.7. The van der Waals surface area contributed by atoms with Gasteiger partial charge in [0.2, 0.25) is 5.95 Å². The van der Waals surface area contributed by atoms with Crippen LogP contribution in [0, 0.1) is 17.8 Å². The van der Waals surface area contributed by atoms with Gasteiger partial charge in [0.05, 0.1) is 24.9 Å². The zero-order valence-electron chi connectivity index (χ0n) is 13.5. The normalized spacial score (nSPS) is 21.7. The Morgan fingerprint density at radius 1 is 1.38 bits per heavy atom. The van der Waals surface area contributed by atoms with Gasteiger partial charge in [-0.05, 0) is 37.3 Å². The lowest BCUT2D eigenvalue weighted by Crippen LogP contribution is -2.23. The number of carbonyl (C=O) groups excluding carboxylic acids is 1. The Labute approximate surface area is 139 Å². The van der Waals surface area contributed by atoms with Gasteiger partial charge in [0.25, 0.3) is 0 Å². The number of halogens is 1. The molecule has 0 aromatic carbocycles. The molecule has 1 saturated heterocycles. The molecule has 2 fully saturated rings. The van der Waals surface area contributed by atoms with Gasteiger partial charge in [-0.15, -0.1) is 0 Å². The number of esters is 1. The first-order valence-electron chi connectivity index (χ1n) is 8.24. The number of ether oxygens (including phenoxy) is 1. The second-order valence-electron chi connectivity index (χ2n) is 6.43. The molecule has 2 aliphatic rings. The predicted molar refractivity (Wildman–Crippen MR) is 85.3 cm³/mol. The molecule has 2 aromatic rings. The number of rotatable bonds is 5. The van der Waals surface area contributed by atoms with E-state index in [0.29, 0.717) is 23.6 Å².